The molecule has 0 aromatic carbocycles. The predicted octanol–water partition coefficient (Wildman–Crippen LogP) is 3.58. The molecule has 0 N–H and O–H groups in total. The first-order valence-electron chi connectivity index (χ1n) is 7.37. The molecule has 0 amide bonds. The summed E-state index contributed by atoms with van der Waals surface area (Å²) in [6, 6.07) is 0. The second-order valence-electron chi connectivity index (χ2n) is 6.75. The third-order valence-electron chi connectivity index (χ3n) is 5.69. The number of ether oxygens (including phenoxy) is 3. The molecule has 1 unspecified atom stereocenters. The van der Waals surface area contributed by atoms with Gasteiger partial charge in [0.2, 0.25) is 6.29 Å². The number of halogens is 1. The largest absolute Gasteiger partial charge is 0.469 e. The molecule has 2 bridgehead atoms. The molecule has 6 atom stereocenters. The van der Waals surface area contributed by atoms with E-state index in [4.69, 9.17) is 14.2 Å². The van der Waals surface area contributed by atoms with Gasteiger partial charge in [-0.05, 0) is 43.6 Å². The van der Waals surface area contributed by atoms with Crippen LogP contribution in [-0.2, 0) is 14.2 Å². The summed E-state index contributed by atoms with van der Waals surface area (Å²) >= 11 is 3.60. The Balaban J connectivity index is 1.83. The number of hydrogen-bond acceptors (Lipinski definition) is 3. The van der Waals surface area contributed by atoms with Crippen LogP contribution in [0.1, 0.15) is 39.5 Å². The molecule has 3 aliphatic heterocycles. The maximum absolute atomic E-state index is 6.54. The molecule has 19 heavy (non-hydrogen) atoms. The average molecular weight is 329 g/mol. The Kier molecular flexibility index (Phi) is 2.66. The van der Waals surface area contributed by atoms with Gasteiger partial charge in [0, 0.05) is 17.7 Å². The normalized spacial score (nSPS) is 55.2. The lowest BCUT2D eigenvalue weighted by molar-refractivity contribution is -0.242. The lowest BCUT2D eigenvalue weighted by Gasteiger charge is -2.54. The number of alkyl halides is 1. The van der Waals surface area contributed by atoms with E-state index in [9.17, 15) is 0 Å². The van der Waals surface area contributed by atoms with E-state index in [1.54, 1.807) is 0 Å². The lowest BCUT2D eigenvalue weighted by atomic mass is 9.59. The molecule has 2 saturated heterocycles. The minimum atomic E-state index is -0.438. The van der Waals surface area contributed by atoms with Crippen molar-refractivity contribution >= 4 is 15.9 Å². The van der Waals surface area contributed by atoms with Gasteiger partial charge in [-0.3, -0.25) is 0 Å². The van der Waals surface area contributed by atoms with E-state index in [0.717, 1.165) is 11.8 Å². The van der Waals surface area contributed by atoms with Gasteiger partial charge in [-0.2, -0.15) is 0 Å². The molecule has 4 heteroatoms. The topological polar surface area (TPSA) is 27.7 Å². The molecular formula is C15H21BrO3. The van der Waals surface area contributed by atoms with Crippen LogP contribution < -0.4 is 0 Å². The summed E-state index contributed by atoms with van der Waals surface area (Å²) in [4.78, 5) is 0. The van der Waals surface area contributed by atoms with E-state index >= 15 is 0 Å². The van der Waals surface area contributed by atoms with Crippen molar-refractivity contribution in [3.8, 4) is 0 Å². The van der Waals surface area contributed by atoms with E-state index in [0.29, 0.717) is 17.8 Å². The van der Waals surface area contributed by atoms with Crippen LogP contribution in [0.3, 0.4) is 0 Å². The molecule has 4 aliphatic rings. The minimum Gasteiger partial charge on any atom is -0.469 e. The Labute approximate surface area is 122 Å². The van der Waals surface area contributed by atoms with Gasteiger partial charge in [0.05, 0.1) is 6.26 Å². The predicted molar refractivity (Wildman–Crippen MR) is 74.7 cm³/mol. The van der Waals surface area contributed by atoms with Crippen LogP contribution in [0, 0.1) is 17.8 Å². The summed E-state index contributed by atoms with van der Waals surface area (Å²) in [6.45, 7) is 4.44. The SMILES string of the molecule is C[C@@H]1CC[C@H]2C(CBr)=CO[C@@H]3O[C@]4(C)CCC1[C@]32O4. The van der Waals surface area contributed by atoms with Gasteiger partial charge < -0.3 is 14.2 Å². The molecule has 0 aromatic rings. The highest BCUT2D eigenvalue weighted by atomic mass is 79.9. The molecule has 3 nitrogen and oxygen atoms in total. The van der Waals surface area contributed by atoms with Crippen molar-refractivity contribution in [3.05, 3.63) is 11.8 Å². The van der Waals surface area contributed by atoms with Gasteiger partial charge in [-0.25, -0.2) is 0 Å². The fourth-order valence-electron chi connectivity index (χ4n) is 4.81. The fraction of sp³-hybridized carbons (Fsp3) is 0.867. The van der Waals surface area contributed by atoms with E-state index < -0.39 is 5.79 Å². The molecule has 3 heterocycles. The summed E-state index contributed by atoms with van der Waals surface area (Å²) in [6.07, 6.45) is 6.36. The zero-order chi connectivity index (χ0) is 13.3. The van der Waals surface area contributed by atoms with Crippen LogP contribution in [0.2, 0.25) is 0 Å². The van der Waals surface area contributed by atoms with E-state index in [-0.39, 0.29) is 11.9 Å². The van der Waals surface area contributed by atoms with E-state index in [2.05, 4.69) is 29.8 Å². The summed E-state index contributed by atoms with van der Waals surface area (Å²) in [5, 5.41) is 0.868. The molecule has 1 aliphatic carbocycles. The first kappa shape index (κ1) is 12.7. The van der Waals surface area contributed by atoms with Crippen LogP contribution in [0.25, 0.3) is 0 Å². The van der Waals surface area contributed by atoms with Crippen molar-refractivity contribution in [1.29, 1.82) is 0 Å². The van der Waals surface area contributed by atoms with Gasteiger partial charge in [-0.1, -0.05) is 22.9 Å². The molecule has 4 rings (SSSR count). The first-order valence-corrected chi connectivity index (χ1v) is 8.49. The standard InChI is InChI=1S/C15H21BrO3/c1-9-3-4-12-10(7-16)8-17-13-15(12)11(9)5-6-14(2,18-13)19-15/h8-9,11-13H,3-7H2,1-2H3/t9-,11?,12+,13-,14+,15-/m1/s1. The van der Waals surface area contributed by atoms with E-state index in [1.807, 2.05) is 6.26 Å². The Hall–Kier alpha value is -0.0600. The Bertz CT molecular complexity index is 437. The van der Waals surface area contributed by atoms with Crippen molar-refractivity contribution in [3.63, 3.8) is 0 Å². The molecule has 106 valence electrons. The molecular weight excluding hydrogens is 308 g/mol. The zero-order valence-electron chi connectivity index (χ0n) is 11.5. The second-order valence-corrected chi connectivity index (χ2v) is 7.31. The molecule has 3 fully saturated rings. The van der Waals surface area contributed by atoms with Crippen molar-refractivity contribution in [2.24, 2.45) is 17.8 Å². The van der Waals surface area contributed by atoms with Gasteiger partial charge in [0.1, 0.15) is 5.60 Å². The number of rotatable bonds is 1. The molecule has 1 saturated carbocycles. The smallest absolute Gasteiger partial charge is 0.231 e. The molecule has 1 spiro atoms. The van der Waals surface area contributed by atoms with Crippen LogP contribution in [0.15, 0.2) is 11.8 Å². The average Bonchev–Trinajstić information content (AvgIpc) is 2.62. The monoisotopic (exact) mass is 328 g/mol. The van der Waals surface area contributed by atoms with Gasteiger partial charge >= 0.3 is 0 Å². The minimum absolute atomic E-state index is 0.208. The van der Waals surface area contributed by atoms with Crippen molar-refractivity contribution in [2.45, 2.75) is 57.2 Å². The Morgan fingerprint density at radius 2 is 2.21 bits per heavy atom. The van der Waals surface area contributed by atoms with Gasteiger partial charge in [-0.15, -0.1) is 0 Å². The van der Waals surface area contributed by atoms with Crippen molar-refractivity contribution in [1.82, 2.24) is 0 Å². The maximum atomic E-state index is 6.54. The third kappa shape index (κ3) is 1.51. The highest BCUT2D eigenvalue weighted by Crippen LogP contribution is 2.62. The number of hydrogen-bond donors (Lipinski definition) is 0. The van der Waals surface area contributed by atoms with E-state index in [1.165, 1.54) is 24.8 Å². The molecule has 0 radical (unpaired) electrons. The van der Waals surface area contributed by atoms with Crippen LogP contribution in [0.5, 0.6) is 0 Å². The lowest BCUT2D eigenvalue weighted by Crippen LogP contribution is -2.61. The first-order chi connectivity index (χ1) is 9.09. The highest BCUT2D eigenvalue weighted by molar-refractivity contribution is 9.09. The quantitative estimate of drug-likeness (QED) is 0.688. The Morgan fingerprint density at radius 1 is 1.37 bits per heavy atom. The number of fused-ring (bicyclic) bond motifs is 1. The summed E-state index contributed by atoms with van der Waals surface area (Å²) < 4.78 is 18.6. The summed E-state index contributed by atoms with van der Waals surface area (Å²) in [5.41, 5.74) is 1.10. The second kappa shape index (κ2) is 3.99. The highest BCUT2D eigenvalue weighted by Gasteiger charge is 2.69. The maximum Gasteiger partial charge on any atom is 0.231 e. The Morgan fingerprint density at radius 3 is 3.00 bits per heavy atom. The summed E-state index contributed by atoms with van der Waals surface area (Å²) in [7, 11) is 0. The van der Waals surface area contributed by atoms with Crippen LogP contribution >= 0.6 is 15.9 Å². The van der Waals surface area contributed by atoms with Crippen molar-refractivity contribution in [2.75, 3.05) is 5.33 Å². The zero-order valence-corrected chi connectivity index (χ0v) is 13.1. The summed E-state index contributed by atoms with van der Waals surface area (Å²) in [5.74, 6) is 1.28. The molecule has 0 aromatic heterocycles. The van der Waals surface area contributed by atoms with Crippen LogP contribution in [-0.4, -0.2) is 23.0 Å². The van der Waals surface area contributed by atoms with Crippen LogP contribution in [0.4, 0.5) is 0 Å². The fourth-order valence-corrected chi connectivity index (χ4v) is 5.34. The van der Waals surface area contributed by atoms with Crippen molar-refractivity contribution < 1.29 is 14.2 Å². The third-order valence-corrected chi connectivity index (χ3v) is 6.34. The van der Waals surface area contributed by atoms with Gasteiger partial charge in [0.15, 0.2) is 5.79 Å². The van der Waals surface area contributed by atoms with Gasteiger partial charge in [0.25, 0.3) is 0 Å².